The van der Waals surface area contributed by atoms with Crippen LogP contribution in [-0.2, 0) is 4.74 Å². The number of carbonyl (C=O) groups excluding carboxylic acids is 2. The highest BCUT2D eigenvalue weighted by Gasteiger charge is 2.27. The van der Waals surface area contributed by atoms with Crippen molar-refractivity contribution in [1.29, 1.82) is 0 Å². The van der Waals surface area contributed by atoms with Crippen LogP contribution in [0.2, 0.25) is 0 Å². The predicted molar refractivity (Wildman–Crippen MR) is 110 cm³/mol. The van der Waals surface area contributed by atoms with E-state index < -0.39 is 11.7 Å². The van der Waals surface area contributed by atoms with E-state index in [1.54, 1.807) is 17.2 Å². The van der Waals surface area contributed by atoms with Crippen LogP contribution >= 0.6 is 0 Å². The summed E-state index contributed by atoms with van der Waals surface area (Å²) in [6.07, 6.45) is 2.49. The Bertz CT molecular complexity index is 843. The second-order valence-electron chi connectivity index (χ2n) is 7.97. The molecule has 154 valence electrons. The number of ether oxygens (including phenoxy) is 1. The lowest BCUT2D eigenvalue weighted by molar-refractivity contribution is 0.0473. The van der Waals surface area contributed by atoms with E-state index in [2.05, 4.69) is 20.6 Å². The zero-order valence-corrected chi connectivity index (χ0v) is 17.0. The summed E-state index contributed by atoms with van der Waals surface area (Å²) in [4.78, 5) is 35.0. The number of anilines is 2. The van der Waals surface area contributed by atoms with Gasteiger partial charge < -0.3 is 20.3 Å². The lowest BCUT2D eigenvalue weighted by Crippen LogP contribution is -2.47. The molecule has 1 aromatic heterocycles. The lowest BCUT2D eigenvalue weighted by Gasteiger charge is -2.32. The maximum atomic E-state index is 12.8. The fraction of sp³-hybridized carbons (Fsp3) is 0.429. The van der Waals surface area contributed by atoms with E-state index in [0.29, 0.717) is 37.6 Å². The van der Waals surface area contributed by atoms with Gasteiger partial charge in [0.1, 0.15) is 11.3 Å². The molecule has 0 atom stereocenters. The number of carbonyl (C=O) groups is 2. The minimum atomic E-state index is -0.529. The van der Waals surface area contributed by atoms with Crippen molar-refractivity contribution in [1.82, 2.24) is 20.2 Å². The van der Waals surface area contributed by atoms with E-state index in [0.717, 1.165) is 5.69 Å². The van der Waals surface area contributed by atoms with Gasteiger partial charge in [-0.3, -0.25) is 4.79 Å². The number of hydrogen-bond acceptors (Lipinski definition) is 6. The minimum absolute atomic E-state index is 0.00499. The van der Waals surface area contributed by atoms with E-state index in [4.69, 9.17) is 4.74 Å². The van der Waals surface area contributed by atoms with Gasteiger partial charge in [-0.05, 0) is 51.8 Å². The first-order valence-electron chi connectivity index (χ1n) is 9.74. The largest absolute Gasteiger partial charge is 0.444 e. The Hall–Kier alpha value is -3.16. The second-order valence-corrected chi connectivity index (χ2v) is 7.97. The molecule has 8 heteroatoms. The number of amides is 2. The van der Waals surface area contributed by atoms with Crippen molar-refractivity contribution >= 4 is 23.6 Å². The predicted octanol–water partition coefficient (Wildman–Crippen LogP) is 3.35. The number of hydrogen-bond donors (Lipinski definition) is 2. The summed E-state index contributed by atoms with van der Waals surface area (Å²) in [5.74, 6) is 0.239. The van der Waals surface area contributed by atoms with Crippen LogP contribution in [0.4, 0.5) is 16.4 Å². The first kappa shape index (κ1) is 20.6. The molecule has 1 saturated heterocycles. The smallest absolute Gasteiger partial charge is 0.407 e. The van der Waals surface area contributed by atoms with Crippen LogP contribution in [0.3, 0.4) is 0 Å². The summed E-state index contributed by atoms with van der Waals surface area (Å²) in [5, 5.41) is 5.97. The number of rotatable bonds is 4. The van der Waals surface area contributed by atoms with Gasteiger partial charge in [-0.15, -0.1) is 0 Å². The van der Waals surface area contributed by atoms with E-state index in [-0.39, 0.29) is 11.9 Å². The van der Waals surface area contributed by atoms with Gasteiger partial charge in [-0.1, -0.05) is 18.2 Å². The highest BCUT2D eigenvalue weighted by molar-refractivity contribution is 5.92. The summed E-state index contributed by atoms with van der Waals surface area (Å²) in [6, 6.07) is 11.2. The first-order chi connectivity index (χ1) is 13.8. The maximum absolute atomic E-state index is 12.8. The number of aromatic nitrogens is 2. The summed E-state index contributed by atoms with van der Waals surface area (Å²) in [6.45, 7) is 6.58. The topological polar surface area (TPSA) is 96.5 Å². The van der Waals surface area contributed by atoms with Crippen molar-refractivity contribution in [3.05, 3.63) is 48.3 Å². The van der Waals surface area contributed by atoms with Crippen LogP contribution in [0, 0.1) is 0 Å². The van der Waals surface area contributed by atoms with E-state index in [1.165, 1.54) is 0 Å². The van der Waals surface area contributed by atoms with E-state index in [1.807, 2.05) is 51.1 Å². The Balaban J connectivity index is 1.54. The Labute approximate surface area is 170 Å². The molecule has 2 amide bonds. The summed E-state index contributed by atoms with van der Waals surface area (Å²) < 4.78 is 5.29. The molecular weight excluding hydrogens is 370 g/mol. The quantitative estimate of drug-likeness (QED) is 0.821. The molecule has 1 aliphatic rings. The molecular formula is C21H27N5O3. The first-order valence-corrected chi connectivity index (χ1v) is 9.74. The highest BCUT2D eigenvalue weighted by atomic mass is 16.6. The van der Waals surface area contributed by atoms with Gasteiger partial charge in [-0.25, -0.2) is 14.8 Å². The third-order valence-electron chi connectivity index (χ3n) is 4.41. The SMILES string of the molecule is CC(C)(C)OC(=O)NC1CCN(C(=O)c2ccnc(Nc3ccccc3)n2)CC1. The van der Waals surface area contributed by atoms with Crippen molar-refractivity contribution in [2.24, 2.45) is 0 Å². The van der Waals surface area contributed by atoms with Crippen LogP contribution in [0.15, 0.2) is 42.6 Å². The van der Waals surface area contributed by atoms with Crippen LogP contribution in [0.25, 0.3) is 0 Å². The number of nitrogens with zero attached hydrogens (tertiary/aromatic N) is 3. The van der Waals surface area contributed by atoms with E-state index >= 15 is 0 Å². The Morgan fingerprint density at radius 2 is 1.79 bits per heavy atom. The van der Waals surface area contributed by atoms with Gasteiger partial charge in [0.25, 0.3) is 5.91 Å². The van der Waals surface area contributed by atoms with Crippen LogP contribution in [0.5, 0.6) is 0 Å². The highest BCUT2D eigenvalue weighted by Crippen LogP contribution is 2.16. The summed E-state index contributed by atoms with van der Waals surface area (Å²) in [7, 11) is 0. The molecule has 3 rings (SSSR count). The van der Waals surface area contributed by atoms with E-state index in [9.17, 15) is 9.59 Å². The van der Waals surface area contributed by atoms with Crippen molar-refractivity contribution < 1.29 is 14.3 Å². The molecule has 8 nitrogen and oxygen atoms in total. The monoisotopic (exact) mass is 397 g/mol. The fourth-order valence-electron chi connectivity index (χ4n) is 3.05. The number of para-hydroxylation sites is 1. The normalized spacial score (nSPS) is 14.9. The molecule has 0 radical (unpaired) electrons. The standard InChI is InChI=1S/C21H27N5O3/c1-21(2,3)29-20(28)24-16-10-13-26(14-11-16)18(27)17-9-12-22-19(25-17)23-15-7-5-4-6-8-15/h4-9,12,16H,10-11,13-14H2,1-3H3,(H,24,28)(H,22,23,25). The number of nitrogens with one attached hydrogen (secondary N) is 2. The Morgan fingerprint density at radius 3 is 2.45 bits per heavy atom. The molecule has 0 spiro atoms. The summed E-state index contributed by atoms with van der Waals surface area (Å²) in [5.41, 5.74) is 0.669. The summed E-state index contributed by atoms with van der Waals surface area (Å²) >= 11 is 0. The number of benzene rings is 1. The van der Waals surface area contributed by atoms with Crippen molar-refractivity contribution in [3.63, 3.8) is 0 Å². The second kappa shape index (κ2) is 8.89. The maximum Gasteiger partial charge on any atom is 0.407 e. The fourth-order valence-corrected chi connectivity index (χ4v) is 3.05. The lowest BCUT2D eigenvalue weighted by atomic mass is 10.0. The van der Waals surface area contributed by atoms with Crippen LogP contribution in [-0.4, -0.2) is 51.6 Å². The zero-order valence-electron chi connectivity index (χ0n) is 17.0. The molecule has 2 N–H and O–H groups in total. The van der Waals surface area contributed by atoms with Crippen LogP contribution in [0.1, 0.15) is 44.1 Å². The average molecular weight is 397 g/mol. The number of piperidine rings is 1. The van der Waals surface area contributed by atoms with Gasteiger partial charge >= 0.3 is 6.09 Å². The molecule has 1 aromatic carbocycles. The van der Waals surface area contributed by atoms with Gasteiger partial charge in [-0.2, -0.15) is 0 Å². The van der Waals surface area contributed by atoms with Gasteiger partial charge in [0.05, 0.1) is 0 Å². The average Bonchev–Trinajstić information content (AvgIpc) is 2.67. The molecule has 0 bridgehead atoms. The molecule has 2 heterocycles. The minimum Gasteiger partial charge on any atom is -0.444 e. The third kappa shape index (κ3) is 6.17. The Kier molecular flexibility index (Phi) is 6.31. The molecule has 2 aromatic rings. The molecule has 29 heavy (non-hydrogen) atoms. The van der Waals surface area contributed by atoms with Crippen molar-refractivity contribution in [3.8, 4) is 0 Å². The molecule has 0 saturated carbocycles. The van der Waals surface area contributed by atoms with Gasteiger partial charge in [0, 0.05) is 31.0 Å². The molecule has 0 unspecified atom stereocenters. The molecule has 1 aliphatic heterocycles. The number of alkyl carbamates (subject to hydrolysis) is 1. The number of likely N-dealkylation sites (tertiary alicyclic amines) is 1. The molecule has 1 fully saturated rings. The third-order valence-corrected chi connectivity index (χ3v) is 4.41. The van der Waals surface area contributed by atoms with Crippen molar-refractivity contribution in [2.75, 3.05) is 18.4 Å². The Morgan fingerprint density at radius 1 is 1.10 bits per heavy atom. The molecule has 0 aliphatic carbocycles. The zero-order chi connectivity index (χ0) is 20.9. The van der Waals surface area contributed by atoms with Crippen LogP contribution < -0.4 is 10.6 Å². The van der Waals surface area contributed by atoms with Crippen molar-refractivity contribution in [2.45, 2.75) is 45.3 Å². The van der Waals surface area contributed by atoms with Gasteiger partial charge in [0.15, 0.2) is 0 Å². The van der Waals surface area contributed by atoms with Gasteiger partial charge in [0.2, 0.25) is 5.95 Å².